The smallest absolute Gasteiger partial charge is 0.176 e. The third kappa shape index (κ3) is 2.92. The molecule has 0 aromatic heterocycles. The Hall–Kier alpha value is -0.150. The minimum absolute atomic E-state index is 0.113. The number of ketones is 1. The van der Waals surface area contributed by atoms with Crippen molar-refractivity contribution in [1.82, 2.24) is 0 Å². The molecule has 13 heavy (non-hydrogen) atoms. The second-order valence-corrected chi connectivity index (χ2v) is 4.75. The molecule has 0 aliphatic rings. The molecule has 0 heterocycles. The van der Waals surface area contributed by atoms with Gasteiger partial charge in [0.1, 0.15) is 0 Å². The van der Waals surface area contributed by atoms with E-state index in [1.54, 1.807) is 0 Å². The highest BCUT2D eigenvalue weighted by atomic mass is 79.9. The van der Waals surface area contributed by atoms with Crippen molar-refractivity contribution in [3.8, 4) is 0 Å². The molecule has 1 rings (SSSR count). The Kier molecular flexibility index (Phi) is 4.13. The van der Waals surface area contributed by atoms with Gasteiger partial charge in [-0.25, -0.2) is 0 Å². The fourth-order valence-electron chi connectivity index (χ4n) is 1.04. The number of hydrogen-bond donors (Lipinski definition) is 0. The first-order valence-electron chi connectivity index (χ1n) is 3.98. The van der Waals surface area contributed by atoms with E-state index >= 15 is 0 Å². The van der Waals surface area contributed by atoms with Gasteiger partial charge in [0, 0.05) is 10.9 Å². The van der Waals surface area contributed by atoms with E-state index in [-0.39, 0.29) is 10.6 Å². The number of rotatable bonds is 3. The average molecular weight is 306 g/mol. The number of halogens is 2. The van der Waals surface area contributed by atoms with Crippen LogP contribution >= 0.6 is 31.9 Å². The zero-order valence-electron chi connectivity index (χ0n) is 7.26. The Morgan fingerprint density at radius 2 is 2.23 bits per heavy atom. The highest BCUT2D eigenvalue weighted by Gasteiger charge is 2.11. The van der Waals surface area contributed by atoms with Gasteiger partial charge < -0.3 is 0 Å². The lowest BCUT2D eigenvalue weighted by Crippen LogP contribution is -2.09. The monoisotopic (exact) mass is 304 g/mol. The fraction of sp³-hybridized carbons (Fsp3) is 0.300. The van der Waals surface area contributed by atoms with E-state index in [0.717, 1.165) is 16.5 Å². The van der Waals surface area contributed by atoms with E-state index in [2.05, 4.69) is 31.9 Å². The van der Waals surface area contributed by atoms with Crippen LogP contribution in [0.25, 0.3) is 0 Å². The molecule has 0 aliphatic heterocycles. The standard InChI is InChI=1S/C10H10Br2O/c1-7(12)10(13)9-4-2-3-8(5-9)6-11/h2-5,7H,6H2,1H3. The van der Waals surface area contributed by atoms with E-state index in [0.29, 0.717) is 0 Å². The predicted octanol–water partition coefficient (Wildman–Crippen LogP) is 3.55. The molecule has 0 saturated carbocycles. The SMILES string of the molecule is CC(Br)C(=O)c1cccc(CBr)c1. The van der Waals surface area contributed by atoms with Crippen molar-refractivity contribution in [1.29, 1.82) is 0 Å². The maximum atomic E-state index is 11.6. The van der Waals surface area contributed by atoms with Crippen LogP contribution < -0.4 is 0 Å². The van der Waals surface area contributed by atoms with Crippen molar-refractivity contribution in [2.45, 2.75) is 17.1 Å². The molecule has 1 aromatic rings. The van der Waals surface area contributed by atoms with E-state index in [1.165, 1.54) is 0 Å². The summed E-state index contributed by atoms with van der Waals surface area (Å²) >= 11 is 6.62. The average Bonchev–Trinajstić information content (AvgIpc) is 2.16. The van der Waals surface area contributed by atoms with Crippen LogP contribution in [0.5, 0.6) is 0 Å². The molecule has 0 bridgehead atoms. The molecule has 70 valence electrons. The van der Waals surface area contributed by atoms with E-state index < -0.39 is 0 Å². The van der Waals surface area contributed by atoms with Crippen LogP contribution in [-0.4, -0.2) is 10.6 Å². The quantitative estimate of drug-likeness (QED) is 0.616. The summed E-state index contributed by atoms with van der Waals surface area (Å²) in [6, 6.07) is 7.64. The molecule has 0 spiro atoms. The summed E-state index contributed by atoms with van der Waals surface area (Å²) in [5, 5.41) is 0.783. The molecular formula is C10H10Br2O. The molecule has 1 unspecified atom stereocenters. The van der Waals surface area contributed by atoms with Crippen LogP contribution in [-0.2, 0) is 5.33 Å². The van der Waals surface area contributed by atoms with Crippen LogP contribution in [0.3, 0.4) is 0 Å². The summed E-state index contributed by atoms with van der Waals surface area (Å²) in [5.74, 6) is 0.128. The van der Waals surface area contributed by atoms with E-state index in [1.807, 2.05) is 31.2 Å². The van der Waals surface area contributed by atoms with Crippen LogP contribution in [0.15, 0.2) is 24.3 Å². The van der Waals surface area contributed by atoms with E-state index in [4.69, 9.17) is 0 Å². The molecule has 0 aliphatic carbocycles. The Morgan fingerprint density at radius 1 is 1.54 bits per heavy atom. The Balaban J connectivity index is 2.95. The number of Topliss-reactive ketones (excluding diaryl/α,β-unsaturated/α-hetero) is 1. The van der Waals surface area contributed by atoms with Crippen molar-refractivity contribution in [3.05, 3.63) is 35.4 Å². The number of benzene rings is 1. The van der Waals surface area contributed by atoms with Gasteiger partial charge in [-0.3, -0.25) is 4.79 Å². The van der Waals surface area contributed by atoms with Crippen LogP contribution in [0.2, 0.25) is 0 Å². The van der Waals surface area contributed by atoms with Gasteiger partial charge in [0.15, 0.2) is 5.78 Å². The van der Waals surface area contributed by atoms with Gasteiger partial charge in [0.25, 0.3) is 0 Å². The molecule has 0 N–H and O–H groups in total. The topological polar surface area (TPSA) is 17.1 Å². The number of carbonyl (C=O) groups is 1. The van der Waals surface area contributed by atoms with Crippen molar-refractivity contribution in [2.24, 2.45) is 0 Å². The van der Waals surface area contributed by atoms with Crippen molar-refractivity contribution < 1.29 is 4.79 Å². The van der Waals surface area contributed by atoms with Gasteiger partial charge in [-0.05, 0) is 18.6 Å². The summed E-state index contributed by atoms with van der Waals surface area (Å²) in [6.45, 7) is 1.84. The summed E-state index contributed by atoms with van der Waals surface area (Å²) < 4.78 is 0. The first kappa shape index (κ1) is 10.9. The minimum atomic E-state index is -0.113. The molecule has 1 atom stereocenters. The van der Waals surface area contributed by atoms with Gasteiger partial charge in [-0.2, -0.15) is 0 Å². The Labute approximate surface area is 94.8 Å². The predicted molar refractivity (Wildman–Crippen MR) is 61.8 cm³/mol. The van der Waals surface area contributed by atoms with Gasteiger partial charge in [0.2, 0.25) is 0 Å². The fourth-order valence-corrected chi connectivity index (χ4v) is 1.65. The van der Waals surface area contributed by atoms with Crippen molar-refractivity contribution in [2.75, 3.05) is 0 Å². The number of hydrogen-bond acceptors (Lipinski definition) is 1. The molecule has 3 heteroatoms. The Bertz CT molecular complexity index is 308. The molecular weight excluding hydrogens is 296 g/mol. The zero-order valence-corrected chi connectivity index (χ0v) is 10.4. The molecule has 0 saturated heterocycles. The normalized spacial score (nSPS) is 12.5. The first-order valence-corrected chi connectivity index (χ1v) is 6.02. The summed E-state index contributed by atoms with van der Waals surface area (Å²) in [5.41, 5.74) is 1.89. The lowest BCUT2D eigenvalue weighted by Gasteiger charge is -2.03. The van der Waals surface area contributed by atoms with Crippen molar-refractivity contribution >= 4 is 37.6 Å². The molecule has 0 fully saturated rings. The number of carbonyl (C=O) groups excluding carboxylic acids is 1. The van der Waals surface area contributed by atoms with Crippen molar-refractivity contribution in [3.63, 3.8) is 0 Å². The minimum Gasteiger partial charge on any atom is -0.293 e. The van der Waals surface area contributed by atoms with Crippen LogP contribution in [0.4, 0.5) is 0 Å². The zero-order chi connectivity index (χ0) is 9.84. The molecule has 0 amide bonds. The highest BCUT2D eigenvalue weighted by molar-refractivity contribution is 9.10. The third-order valence-electron chi connectivity index (χ3n) is 1.73. The first-order chi connectivity index (χ1) is 6.15. The van der Waals surface area contributed by atoms with Crippen LogP contribution in [0, 0.1) is 0 Å². The van der Waals surface area contributed by atoms with Gasteiger partial charge in [-0.1, -0.05) is 50.1 Å². The summed E-state index contributed by atoms with van der Waals surface area (Å²) in [7, 11) is 0. The summed E-state index contributed by atoms with van der Waals surface area (Å²) in [4.78, 5) is 11.4. The van der Waals surface area contributed by atoms with Gasteiger partial charge in [0.05, 0.1) is 4.83 Å². The summed E-state index contributed by atoms with van der Waals surface area (Å²) in [6.07, 6.45) is 0. The Morgan fingerprint density at radius 3 is 2.77 bits per heavy atom. The van der Waals surface area contributed by atoms with E-state index in [9.17, 15) is 4.79 Å². The van der Waals surface area contributed by atoms with Gasteiger partial charge in [-0.15, -0.1) is 0 Å². The molecule has 1 aromatic carbocycles. The second-order valence-electron chi connectivity index (χ2n) is 2.81. The third-order valence-corrected chi connectivity index (χ3v) is 2.79. The lowest BCUT2D eigenvalue weighted by molar-refractivity contribution is 0.0996. The molecule has 0 radical (unpaired) electrons. The maximum Gasteiger partial charge on any atom is 0.176 e. The highest BCUT2D eigenvalue weighted by Crippen LogP contribution is 2.13. The lowest BCUT2D eigenvalue weighted by atomic mass is 10.1. The van der Waals surface area contributed by atoms with Gasteiger partial charge >= 0.3 is 0 Å². The number of alkyl halides is 2. The largest absolute Gasteiger partial charge is 0.293 e. The second kappa shape index (κ2) is 4.91. The molecule has 1 nitrogen and oxygen atoms in total. The maximum absolute atomic E-state index is 11.6. The van der Waals surface area contributed by atoms with Crippen LogP contribution in [0.1, 0.15) is 22.8 Å².